The van der Waals surface area contributed by atoms with E-state index in [-0.39, 0.29) is 0 Å². The molecule has 1 aromatic rings. The molecular formula is C13H22N4. The SMILES string of the molecule is C1CCC(c2nc([C@@H]3CCCNC3)n[nH]2)CC1. The van der Waals surface area contributed by atoms with Gasteiger partial charge in [0.2, 0.25) is 0 Å². The first kappa shape index (κ1) is 11.2. The highest BCUT2D eigenvalue weighted by Crippen LogP contribution is 2.31. The second-order valence-electron chi connectivity index (χ2n) is 5.46. The normalized spacial score (nSPS) is 27.2. The summed E-state index contributed by atoms with van der Waals surface area (Å²) >= 11 is 0. The Balaban J connectivity index is 1.68. The van der Waals surface area contributed by atoms with Crippen LogP contribution < -0.4 is 5.32 Å². The molecule has 4 nitrogen and oxygen atoms in total. The molecule has 4 heteroatoms. The number of hydrogen-bond acceptors (Lipinski definition) is 3. The standard InChI is InChI=1S/C13H22N4/c1-2-5-10(6-3-1)12-15-13(17-16-12)11-7-4-8-14-9-11/h10-11,14H,1-9H2,(H,15,16,17)/t11-/m1/s1. The minimum Gasteiger partial charge on any atom is -0.316 e. The highest BCUT2D eigenvalue weighted by atomic mass is 15.2. The van der Waals surface area contributed by atoms with Gasteiger partial charge in [0, 0.05) is 18.4 Å². The molecule has 2 heterocycles. The monoisotopic (exact) mass is 234 g/mol. The van der Waals surface area contributed by atoms with E-state index in [1.807, 2.05) is 0 Å². The average Bonchev–Trinajstić information content (AvgIpc) is 2.90. The van der Waals surface area contributed by atoms with Gasteiger partial charge in [-0.3, -0.25) is 5.10 Å². The Labute approximate surface area is 103 Å². The van der Waals surface area contributed by atoms with Gasteiger partial charge in [-0.2, -0.15) is 5.10 Å². The molecule has 1 aliphatic carbocycles. The zero-order valence-electron chi connectivity index (χ0n) is 10.4. The van der Waals surface area contributed by atoms with Gasteiger partial charge < -0.3 is 5.32 Å². The lowest BCUT2D eigenvalue weighted by molar-refractivity contribution is 0.427. The van der Waals surface area contributed by atoms with Crippen molar-refractivity contribution in [3.63, 3.8) is 0 Å². The van der Waals surface area contributed by atoms with Gasteiger partial charge in [-0.25, -0.2) is 4.98 Å². The van der Waals surface area contributed by atoms with E-state index in [1.165, 1.54) is 44.9 Å². The van der Waals surface area contributed by atoms with Crippen LogP contribution in [-0.4, -0.2) is 28.3 Å². The molecule has 2 aliphatic rings. The number of nitrogens with one attached hydrogen (secondary N) is 2. The fraction of sp³-hybridized carbons (Fsp3) is 0.846. The first-order chi connectivity index (χ1) is 8.43. The van der Waals surface area contributed by atoms with Crippen LogP contribution in [0.4, 0.5) is 0 Å². The number of hydrogen-bond donors (Lipinski definition) is 2. The van der Waals surface area contributed by atoms with E-state index in [9.17, 15) is 0 Å². The Morgan fingerprint density at radius 3 is 2.53 bits per heavy atom. The van der Waals surface area contributed by atoms with Crippen molar-refractivity contribution in [2.45, 2.75) is 56.8 Å². The van der Waals surface area contributed by atoms with Crippen molar-refractivity contribution in [3.05, 3.63) is 11.6 Å². The molecule has 0 bridgehead atoms. The van der Waals surface area contributed by atoms with Crippen LogP contribution in [0.5, 0.6) is 0 Å². The summed E-state index contributed by atoms with van der Waals surface area (Å²) in [6, 6.07) is 0. The fourth-order valence-corrected chi connectivity index (χ4v) is 3.10. The number of aromatic nitrogens is 3. The van der Waals surface area contributed by atoms with Gasteiger partial charge in [0.15, 0.2) is 5.82 Å². The van der Waals surface area contributed by atoms with Crippen molar-refractivity contribution in [2.75, 3.05) is 13.1 Å². The number of rotatable bonds is 2. The summed E-state index contributed by atoms with van der Waals surface area (Å²) in [5, 5.41) is 11.1. The molecule has 94 valence electrons. The van der Waals surface area contributed by atoms with E-state index in [4.69, 9.17) is 4.98 Å². The second-order valence-corrected chi connectivity index (χ2v) is 5.46. The third-order valence-electron chi connectivity index (χ3n) is 4.17. The van der Waals surface area contributed by atoms with Crippen molar-refractivity contribution in [1.82, 2.24) is 20.5 Å². The Hall–Kier alpha value is -0.900. The van der Waals surface area contributed by atoms with E-state index >= 15 is 0 Å². The molecule has 3 rings (SSSR count). The smallest absolute Gasteiger partial charge is 0.155 e. The lowest BCUT2D eigenvalue weighted by Gasteiger charge is -2.20. The van der Waals surface area contributed by atoms with E-state index < -0.39 is 0 Å². The summed E-state index contributed by atoms with van der Waals surface area (Å²) < 4.78 is 0. The molecule has 0 spiro atoms. The van der Waals surface area contributed by atoms with Crippen LogP contribution in [0, 0.1) is 0 Å². The molecule has 0 unspecified atom stereocenters. The third-order valence-corrected chi connectivity index (χ3v) is 4.17. The Bertz CT molecular complexity index is 316. The number of H-pyrrole nitrogens is 1. The van der Waals surface area contributed by atoms with Crippen molar-refractivity contribution in [3.8, 4) is 0 Å². The van der Waals surface area contributed by atoms with Gasteiger partial charge in [-0.1, -0.05) is 19.3 Å². The van der Waals surface area contributed by atoms with E-state index in [1.54, 1.807) is 0 Å². The van der Waals surface area contributed by atoms with E-state index in [0.717, 1.165) is 24.7 Å². The van der Waals surface area contributed by atoms with Crippen LogP contribution in [-0.2, 0) is 0 Å². The Morgan fingerprint density at radius 1 is 0.941 bits per heavy atom. The van der Waals surface area contributed by atoms with Gasteiger partial charge >= 0.3 is 0 Å². The molecule has 0 radical (unpaired) electrons. The number of piperidine rings is 1. The van der Waals surface area contributed by atoms with Crippen LogP contribution in [0.3, 0.4) is 0 Å². The summed E-state index contributed by atoms with van der Waals surface area (Å²) in [5.74, 6) is 3.35. The maximum absolute atomic E-state index is 4.75. The Kier molecular flexibility index (Phi) is 3.41. The van der Waals surface area contributed by atoms with Crippen LogP contribution >= 0.6 is 0 Å². The minimum absolute atomic E-state index is 0.525. The lowest BCUT2D eigenvalue weighted by Crippen LogP contribution is -2.29. The molecule has 17 heavy (non-hydrogen) atoms. The maximum atomic E-state index is 4.75. The summed E-state index contributed by atoms with van der Waals surface area (Å²) in [7, 11) is 0. The molecule has 0 amide bonds. The highest BCUT2D eigenvalue weighted by molar-refractivity contribution is 5.04. The van der Waals surface area contributed by atoms with Gasteiger partial charge in [0.25, 0.3) is 0 Å². The molecule has 2 N–H and O–H groups in total. The number of nitrogens with zero attached hydrogens (tertiary/aromatic N) is 2. The van der Waals surface area contributed by atoms with Gasteiger partial charge in [0.1, 0.15) is 5.82 Å². The molecule has 1 saturated carbocycles. The summed E-state index contributed by atoms with van der Waals surface area (Å²) in [4.78, 5) is 4.75. The van der Waals surface area contributed by atoms with Crippen LogP contribution in [0.25, 0.3) is 0 Å². The van der Waals surface area contributed by atoms with Crippen molar-refractivity contribution in [2.24, 2.45) is 0 Å². The molecule has 1 aliphatic heterocycles. The lowest BCUT2D eigenvalue weighted by atomic mass is 9.89. The van der Waals surface area contributed by atoms with Crippen molar-refractivity contribution in [1.29, 1.82) is 0 Å². The fourth-order valence-electron chi connectivity index (χ4n) is 3.10. The van der Waals surface area contributed by atoms with Gasteiger partial charge in [-0.15, -0.1) is 0 Å². The molecular weight excluding hydrogens is 212 g/mol. The zero-order valence-corrected chi connectivity index (χ0v) is 10.4. The van der Waals surface area contributed by atoms with Crippen LogP contribution in [0.15, 0.2) is 0 Å². The van der Waals surface area contributed by atoms with Crippen LogP contribution in [0.2, 0.25) is 0 Å². The second kappa shape index (κ2) is 5.17. The molecule has 1 saturated heterocycles. The minimum atomic E-state index is 0.525. The highest BCUT2D eigenvalue weighted by Gasteiger charge is 2.23. The van der Waals surface area contributed by atoms with Gasteiger partial charge in [-0.05, 0) is 32.2 Å². The number of aromatic amines is 1. The van der Waals surface area contributed by atoms with Gasteiger partial charge in [0.05, 0.1) is 0 Å². The molecule has 1 aromatic heterocycles. The average molecular weight is 234 g/mol. The topological polar surface area (TPSA) is 53.6 Å². The predicted molar refractivity (Wildman–Crippen MR) is 67.1 cm³/mol. The quantitative estimate of drug-likeness (QED) is 0.825. The van der Waals surface area contributed by atoms with E-state index in [2.05, 4.69) is 15.5 Å². The molecule has 2 fully saturated rings. The molecule has 0 aromatic carbocycles. The first-order valence-electron chi connectivity index (χ1n) is 7.06. The first-order valence-corrected chi connectivity index (χ1v) is 7.06. The van der Waals surface area contributed by atoms with E-state index in [0.29, 0.717) is 11.8 Å². The third kappa shape index (κ3) is 2.51. The predicted octanol–water partition coefficient (Wildman–Crippen LogP) is 2.32. The largest absolute Gasteiger partial charge is 0.316 e. The summed E-state index contributed by atoms with van der Waals surface area (Å²) in [6.07, 6.45) is 9.16. The summed E-state index contributed by atoms with van der Waals surface area (Å²) in [6.45, 7) is 2.19. The van der Waals surface area contributed by atoms with Crippen molar-refractivity contribution >= 4 is 0 Å². The summed E-state index contributed by atoms with van der Waals surface area (Å²) in [5.41, 5.74) is 0. The molecule has 1 atom stereocenters. The van der Waals surface area contributed by atoms with Crippen molar-refractivity contribution < 1.29 is 0 Å². The van der Waals surface area contributed by atoms with Crippen LogP contribution in [0.1, 0.15) is 68.4 Å². The zero-order chi connectivity index (χ0) is 11.5. The Morgan fingerprint density at radius 2 is 1.76 bits per heavy atom. The maximum Gasteiger partial charge on any atom is 0.155 e.